The maximum atomic E-state index is 12.8. The topological polar surface area (TPSA) is 53.1 Å². The first-order valence-electron chi connectivity index (χ1n) is 10.0. The van der Waals surface area contributed by atoms with Crippen LogP contribution in [0.5, 0.6) is 5.75 Å². The number of likely N-dealkylation sites (N-methyl/N-ethyl adjacent to an activating group) is 1. The molecule has 1 aromatic rings. The molecule has 0 spiro atoms. The van der Waals surface area contributed by atoms with Crippen molar-refractivity contribution in [1.82, 2.24) is 14.7 Å². The number of halogens is 1. The number of carbonyl (C=O) groups excluding carboxylic acids is 2. The summed E-state index contributed by atoms with van der Waals surface area (Å²) in [6.07, 6.45) is 0.916. The predicted octanol–water partition coefficient (Wildman–Crippen LogP) is 2.54. The average molecular weight is 452 g/mol. The molecule has 1 atom stereocenters. The Bertz CT molecular complexity index is 711. The molecule has 7 heteroatoms. The number of aryl methyl sites for hydroxylation is 1. The summed E-state index contributed by atoms with van der Waals surface area (Å²) >= 11 is 3.49. The summed E-state index contributed by atoms with van der Waals surface area (Å²) in [6.45, 7) is 8.53. The van der Waals surface area contributed by atoms with Gasteiger partial charge in [-0.3, -0.25) is 9.59 Å². The first kappa shape index (κ1) is 21.1. The molecule has 0 aliphatic carbocycles. The number of likely N-dealkylation sites (tertiary alicyclic amines) is 1. The zero-order valence-corrected chi connectivity index (χ0v) is 18.6. The smallest absolute Gasteiger partial charge is 0.263 e. The molecular weight excluding hydrogens is 422 g/mol. The third kappa shape index (κ3) is 5.06. The van der Waals surface area contributed by atoms with Crippen LogP contribution in [0.3, 0.4) is 0 Å². The molecule has 6 nitrogen and oxygen atoms in total. The number of amides is 2. The average Bonchev–Trinajstić information content (AvgIpc) is 2.69. The highest BCUT2D eigenvalue weighted by Gasteiger charge is 2.33. The molecule has 2 saturated heterocycles. The van der Waals surface area contributed by atoms with E-state index in [-0.39, 0.29) is 17.7 Å². The van der Waals surface area contributed by atoms with E-state index in [2.05, 4.69) is 27.9 Å². The van der Waals surface area contributed by atoms with Crippen LogP contribution in [0.15, 0.2) is 22.7 Å². The lowest BCUT2D eigenvalue weighted by Crippen LogP contribution is -2.51. The number of nitrogens with zero attached hydrogens (tertiary/aromatic N) is 3. The van der Waals surface area contributed by atoms with E-state index in [9.17, 15) is 9.59 Å². The minimum Gasteiger partial charge on any atom is -0.480 e. The number of piperidine rings is 1. The van der Waals surface area contributed by atoms with Crippen LogP contribution in [-0.2, 0) is 9.59 Å². The Labute approximate surface area is 175 Å². The van der Waals surface area contributed by atoms with Crippen molar-refractivity contribution in [2.45, 2.75) is 32.8 Å². The Morgan fingerprint density at radius 3 is 2.32 bits per heavy atom. The SMILES string of the molecule is Cc1ccc(OC(C)C(=O)N2CCC(C(=O)N3CCN(C)CC3)CC2)c(Br)c1. The summed E-state index contributed by atoms with van der Waals surface area (Å²) in [6, 6.07) is 5.82. The lowest BCUT2D eigenvalue weighted by Gasteiger charge is -2.38. The number of rotatable bonds is 4. The number of benzene rings is 1. The second-order valence-electron chi connectivity index (χ2n) is 7.92. The van der Waals surface area contributed by atoms with E-state index in [0.29, 0.717) is 18.8 Å². The highest BCUT2D eigenvalue weighted by atomic mass is 79.9. The Kier molecular flexibility index (Phi) is 6.99. The highest BCUT2D eigenvalue weighted by Crippen LogP contribution is 2.27. The maximum Gasteiger partial charge on any atom is 0.263 e. The molecule has 2 amide bonds. The molecule has 0 radical (unpaired) electrons. The Morgan fingerprint density at radius 1 is 1.07 bits per heavy atom. The lowest BCUT2D eigenvalue weighted by atomic mass is 9.94. The van der Waals surface area contributed by atoms with Crippen molar-refractivity contribution in [3.8, 4) is 5.75 Å². The van der Waals surface area contributed by atoms with Gasteiger partial charge < -0.3 is 19.4 Å². The van der Waals surface area contributed by atoms with Gasteiger partial charge in [0.2, 0.25) is 5.91 Å². The van der Waals surface area contributed by atoms with E-state index in [4.69, 9.17) is 4.74 Å². The van der Waals surface area contributed by atoms with Gasteiger partial charge in [-0.1, -0.05) is 6.07 Å². The van der Waals surface area contributed by atoms with E-state index in [1.165, 1.54) is 0 Å². The molecule has 2 fully saturated rings. The fourth-order valence-corrected chi connectivity index (χ4v) is 4.42. The van der Waals surface area contributed by atoms with Crippen molar-refractivity contribution < 1.29 is 14.3 Å². The molecule has 2 aliphatic rings. The number of piperazine rings is 1. The molecule has 2 aliphatic heterocycles. The van der Waals surface area contributed by atoms with Crippen LogP contribution in [0.25, 0.3) is 0 Å². The Morgan fingerprint density at radius 2 is 1.71 bits per heavy atom. The van der Waals surface area contributed by atoms with Gasteiger partial charge in [0.25, 0.3) is 5.91 Å². The molecule has 0 aromatic heterocycles. The fraction of sp³-hybridized carbons (Fsp3) is 0.619. The van der Waals surface area contributed by atoms with Crippen LogP contribution >= 0.6 is 15.9 Å². The lowest BCUT2D eigenvalue weighted by molar-refractivity contribution is -0.144. The summed E-state index contributed by atoms with van der Waals surface area (Å²) < 4.78 is 6.73. The van der Waals surface area contributed by atoms with Gasteiger partial charge in [0.1, 0.15) is 5.75 Å². The molecule has 0 N–H and O–H groups in total. The van der Waals surface area contributed by atoms with E-state index in [1.807, 2.05) is 34.9 Å². The predicted molar refractivity (Wildman–Crippen MR) is 112 cm³/mol. The number of hydrogen-bond donors (Lipinski definition) is 0. The number of carbonyl (C=O) groups is 2. The summed E-state index contributed by atoms with van der Waals surface area (Å²) in [5.74, 6) is 0.951. The Hall–Kier alpha value is -1.60. The maximum absolute atomic E-state index is 12.8. The van der Waals surface area contributed by atoms with Crippen molar-refractivity contribution >= 4 is 27.7 Å². The Balaban J connectivity index is 1.49. The van der Waals surface area contributed by atoms with Gasteiger partial charge in [0.05, 0.1) is 4.47 Å². The fourth-order valence-electron chi connectivity index (χ4n) is 3.83. The van der Waals surface area contributed by atoms with Gasteiger partial charge in [-0.05, 0) is 67.4 Å². The van der Waals surface area contributed by atoms with E-state index >= 15 is 0 Å². The highest BCUT2D eigenvalue weighted by molar-refractivity contribution is 9.10. The third-order valence-electron chi connectivity index (χ3n) is 5.71. The largest absolute Gasteiger partial charge is 0.480 e. The molecule has 154 valence electrons. The molecule has 1 unspecified atom stereocenters. The second-order valence-corrected chi connectivity index (χ2v) is 8.78. The third-order valence-corrected chi connectivity index (χ3v) is 6.33. The van der Waals surface area contributed by atoms with Gasteiger partial charge >= 0.3 is 0 Å². The van der Waals surface area contributed by atoms with Gasteiger partial charge in [-0.25, -0.2) is 0 Å². The minimum absolute atomic E-state index is 0.0158. The van der Waals surface area contributed by atoms with Gasteiger partial charge in [-0.15, -0.1) is 0 Å². The van der Waals surface area contributed by atoms with E-state index < -0.39 is 6.10 Å². The first-order chi connectivity index (χ1) is 13.3. The van der Waals surface area contributed by atoms with E-state index in [1.54, 1.807) is 6.92 Å². The first-order valence-corrected chi connectivity index (χ1v) is 10.8. The standard InChI is InChI=1S/C21H30BrN3O3/c1-15-4-5-19(18(22)14-15)28-16(2)20(26)24-8-6-17(7-9-24)21(27)25-12-10-23(3)11-13-25/h4-5,14,16-17H,6-13H2,1-3H3. The molecule has 2 heterocycles. The van der Waals surface area contributed by atoms with Crippen LogP contribution in [0.4, 0.5) is 0 Å². The quantitative estimate of drug-likeness (QED) is 0.705. The number of ether oxygens (including phenoxy) is 1. The summed E-state index contributed by atoms with van der Waals surface area (Å²) in [7, 11) is 2.09. The van der Waals surface area contributed by atoms with E-state index in [0.717, 1.165) is 49.1 Å². The molecule has 3 rings (SSSR count). The molecular formula is C21H30BrN3O3. The molecule has 0 saturated carbocycles. The molecule has 1 aromatic carbocycles. The van der Waals surface area contributed by atoms with Gasteiger partial charge in [-0.2, -0.15) is 0 Å². The second kappa shape index (κ2) is 9.27. The molecule has 28 heavy (non-hydrogen) atoms. The summed E-state index contributed by atoms with van der Waals surface area (Å²) in [4.78, 5) is 31.6. The normalized spacial score (nSPS) is 20.1. The van der Waals surface area contributed by atoms with Crippen LogP contribution in [-0.4, -0.2) is 78.9 Å². The van der Waals surface area contributed by atoms with Gasteiger partial charge in [0.15, 0.2) is 6.10 Å². The van der Waals surface area contributed by atoms with Crippen LogP contribution in [0.2, 0.25) is 0 Å². The van der Waals surface area contributed by atoms with Crippen molar-refractivity contribution in [3.05, 3.63) is 28.2 Å². The van der Waals surface area contributed by atoms with Crippen LogP contribution < -0.4 is 4.74 Å². The summed E-state index contributed by atoms with van der Waals surface area (Å²) in [5, 5.41) is 0. The zero-order valence-electron chi connectivity index (χ0n) is 17.0. The zero-order chi connectivity index (χ0) is 20.3. The molecule has 0 bridgehead atoms. The van der Waals surface area contributed by atoms with Crippen molar-refractivity contribution in [2.75, 3.05) is 46.3 Å². The summed E-state index contributed by atoms with van der Waals surface area (Å²) in [5.41, 5.74) is 1.13. The number of hydrogen-bond acceptors (Lipinski definition) is 4. The van der Waals surface area contributed by atoms with Crippen molar-refractivity contribution in [3.63, 3.8) is 0 Å². The van der Waals surface area contributed by atoms with Gasteiger partial charge in [0, 0.05) is 45.2 Å². The minimum atomic E-state index is -0.552. The monoisotopic (exact) mass is 451 g/mol. The van der Waals surface area contributed by atoms with Crippen molar-refractivity contribution in [2.24, 2.45) is 5.92 Å². The van der Waals surface area contributed by atoms with Crippen molar-refractivity contribution in [1.29, 1.82) is 0 Å². The van der Waals surface area contributed by atoms with Crippen LogP contribution in [0, 0.1) is 12.8 Å². The van der Waals surface area contributed by atoms with Crippen LogP contribution in [0.1, 0.15) is 25.3 Å².